The van der Waals surface area contributed by atoms with Crippen LogP contribution in [-0.2, 0) is 6.54 Å². The molecule has 1 fully saturated rings. The summed E-state index contributed by atoms with van der Waals surface area (Å²) in [5.74, 6) is 0.754. The first-order chi connectivity index (χ1) is 8.63. The van der Waals surface area contributed by atoms with Crippen LogP contribution in [-0.4, -0.2) is 34.9 Å². The minimum atomic E-state index is 0.712. The fraction of sp³-hybridized carbons (Fsp3) is 0.462. The molecule has 0 saturated carbocycles. The highest BCUT2D eigenvalue weighted by molar-refractivity contribution is 9.10. The quantitative estimate of drug-likeness (QED) is 0.625. The second-order valence-corrected chi connectivity index (χ2v) is 6.24. The first kappa shape index (κ1) is 12.2. The highest BCUT2D eigenvalue weighted by Gasteiger charge is 2.25. The van der Waals surface area contributed by atoms with E-state index in [1.807, 2.05) is 6.20 Å². The molecule has 0 N–H and O–H groups in total. The van der Waals surface area contributed by atoms with Gasteiger partial charge < -0.3 is 9.38 Å². The van der Waals surface area contributed by atoms with Crippen molar-refractivity contribution in [2.24, 2.45) is 5.92 Å². The van der Waals surface area contributed by atoms with E-state index >= 15 is 0 Å². The maximum absolute atomic E-state index is 4.33. The molecule has 0 aromatic carbocycles. The molecule has 3 heterocycles. The number of nitrogens with zero attached hydrogens (tertiary/aromatic N) is 3. The zero-order chi connectivity index (χ0) is 12.7. The predicted octanol–water partition coefficient (Wildman–Crippen LogP) is 2.06. The molecule has 2 aromatic heterocycles. The smallest absolute Gasteiger partial charge is 0.185 e. The molecular weight excluding hydrogens is 289 g/mol. The van der Waals surface area contributed by atoms with Crippen LogP contribution in [0.25, 0.3) is 10.9 Å². The van der Waals surface area contributed by atoms with Gasteiger partial charge in [0.05, 0.1) is 11.7 Å². The molecule has 3 rings (SSSR count). The van der Waals surface area contributed by atoms with E-state index in [4.69, 9.17) is 0 Å². The topological polar surface area (TPSA) is 21.1 Å². The van der Waals surface area contributed by atoms with Gasteiger partial charge in [-0.2, -0.15) is 0 Å². The molecule has 0 spiro atoms. The zero-order valence-electron chi connectivity index (χ0n) is 10.8. The summed E-state index contributed by atoms with van der Waals surface area (Å²) in [6.07, 6.45) is 5.43. The van der Waals surface area contributed by atoms with Crippen molar-refractivity contribution in [2.75, 3.05) is 6.54 Å². The van der Waals surface area contributed by atoms with Crippen molar-refractivity contribution in [3.63, 3.8) is 0 Å². The van der Waals surface area contributed by atoms with E-state index in [9.17, 15) is 0 Å². The van der Waals surface area contributed by atoms with Gasteiger partial charge in [-0.3, -0.25) is 0 Å². The van der Waals surface area contributed by atoms with Gasteiger partial charge in [-0.15, -0.1) is 0 Å². The van der Waals surface area contributed by atoms with Gasteiger partial charge in [-0.05, 0) is 53.0 Å². The normalized spacial score (nSPS) is 25.0. The lowest BCUT2D eigenvalue weighted by atomic mass is 10.1. The Morgan fingerprint density at radius 3 is 3.11 bits per heavy atom. The number of aromatic nitrogens is 2. The first-order valence-electron chi connectivity index (χ1n) is 6.44. The van der Waals surface area contributed by atoms with E-state index in [0.29, 0.717) is 6.04 Å². The van der Waals surface area contributed by atoms with Crippen LogP contribution in [0.5, 0.6) is 0 Å². The van der Waals surface area contributed by atoms with Crippen LogP contribution in [0.2, 0.25) is 0 Å². The molecule has 1 aliphatic rings. The summed E-state index contributed by atoms with van der Waals surface area (Å²) in [6.45, 7) is 4.61. The number of rotatable bonds is 2. The van der Waals surface area contributed by atoms with Gasteiger partial charge in [0.15, 0.2) is 7.98 Å². The molecule has 0 aliphatic carbocycles. The Balaban J connectivity index is 1.83. The summed E-state index contributed by atoms with van der Waals surface area (Å²) in [5, 5.41) is 1.26. The monoisotopic (exact) mass is 305 g/mol. The van der Waals surface area contributed by atoms with Gasteiger partial charge in [0, 0.05) is 18.1 Å². The van der Waals surface area contributed by atoms with Crippen molar-refractivity contribution < 1.29 is 0 Å². The average molecular weight is 306 g/mol. The van der Waals surface area contributed by atoms with E-state index in [0.717, 1.165) is 17.1 Å². The molecule has 5 heteroatoms. The Morgan fingerprint density at radius 1 is 1.56 bits per heavy atom. The van der Waals surface area contributed by atoms with E-state index in [-0.39, 0.29) is 0 Å². The molecule has 0 unspecified atom stereocenters. The third-order valence-electron chi connectivity index (χ3n) is 4.05. The highest BCUT2D eigenvalue weighted by atomic mass is 79.9. The van der Waals surface area contributed by atoms with Gasteiger partial charge in [-0.1, -0.05) is 6.92 Å². The lowest BCUT2D eigenvalue weighted by Crippen LogP contribution is -2.23. The molecule has 2 atom stereocenters. The fourth-order valence-electron chi connectivity index (χ4n) is 2.95. The molecule has 1 aliphatic heterocycles. The molecule has 1 saturated heterocycles. The van der Waals surface area contributed by atoms with Crippen molar-refractivity contribution in [2.45, 2.75) is 25.9 Å². The summed E-state index contributed by atoms with van der Waals surface area (Å²) in [4.78, 5) is 6.78. The molecule has 3 nitrogen and oxygen atoms in total. The summed E-state index contributed by atoms with van der Waals surface area (Å²) in [7, 11) is 2.22. The molecule has 0 bridgehead atoms. The second kappa shape index (κ2) is 4.70. The number of hydrogen-bond acceptors (Lipinski definition) is 2. The van der Waals surface area contributed by atoms with E-state index in [1.165, 1.54) is 23.9 Å². The third-order valence-corrected chi connectivity index (χ3v) is 4.49. The SMILES string of the molecule is BN1C[C@H](Cn2ccc3cc(Br)ncc32)C[C@@H]1C. The molecule has 0 radical (unpaired) electrons. The summed E-state index contributed by atoms with van der Waals surface area (Å²) >= 11 is 3.42. The first-order valence-corrected chi connectivity index (χ1v) is 7.23. The van der Waals surface area contributed by atoms with E-state index in [2.05, 4.69) is 63.5 Å². The van der Waals surface area contributed by atoms with Crippen LogP contribution in [0.1, 0.15) is 13.3 Å². The van der Waals surface area contributed by atoms with Crippen molar-refractivity contribution in [3.8, 4) is 0 Å². The maximum atomic E-state index is 4.33. The average Bonchev–Trinajstić information content (AvgIpc) is 2.84. The van der Waals surface area contributed by atoms with Gasteiger partial charge >= 0.3 is 0 Å². The van der Waals surface area contributed by atoms with Gasteiger partial charge in [0.25, 0.3) is 0 Å². The van der Waals surface area contributed by atoms with Crippen LogP contribution in [0.15, 0.2) is 29.1 Å². The summed E-state index contributed by atoms with van der Waals surface area (Å²) < 4.78 is 3.24. The molecule has 2 aromatic rings. The van der Waals surface area contributed by atoms with Gasteiger partial charge in [0.2, 0.25) is 0 Å². The summed E-state index contributed by atoms with van der Waals surface area (Å²) in [5.41, 5.74) is 1.24. The Hall–Kier alpha value is -0.805. The molecule has 18 heavy (non-hydrogen) atoms. The van der Waals surface area contributed by atoms with Crippen LogP contribution in [0, 0.1) is 5.92 Å². The number of fused-ring (bicyclic) bond motifs is 1. The van der Waals surface area contributed by atoms with Gasteiger partial charge in [0.1, 0.15) is 4.60 Å². The van der Waals surface area contributed by atoms with Crippen LogP contribution in [0.3, 0.4) is 0 Å². The number of pyridine rings is 1. The minimum Gasteiger partial charge on any atom is -0.346 e. The van der Waals surface area contributed by atoms with Crippen LogP contribution < -0.4 is 0 Å². The molecule has 0 amide bonds. The summed E-state index contributed by atoms with van der Waals surface area (Å²) in [6, 6.07) is 4.96. The van der Waals surface area contributed by atoms with E-state index in [1.54, 1.807) is 0 Å². The van der Waals surface area contributed by atoms with Crippen molar-refractivity contribution in [1.29, 1.82) is 0 Å². The largest absolute Gasteiger partial charge is 0.346 e. The maximum Gasteiger partial charge on any atom is 0.185 e. The molecule has 94 valence electrons. The van der Waals surface area contributed by atoms with Crippen LogP contribution in [0.4, 0.5) is 0 Å². The minimum absolute atomic E-state index is 0.712. The predicted molar refractivity (Wildman–Crippen MR) is 80.3 cm³/mol. The van der Waals surface area contributed by atoms with Gasteiger partial charge in [-0.25, -0.2) is 4.98 Å². The number of hydrogen-bond donors (Lipinski definition) is 0. The van der Waals surface area contributed by atoms with E-state index < -0.39 is 0 Å². The zero-order valence-corrected chi connectivity index (χ0v) is 12.4. The Bertz CT molecular complexity index is 558. The Kier molecular flexibility index (Phi) is 3.20. The van der Waals surface area contributed by atoms with Crippen molar-refractivity contribution in [1.82, 2.24) is 14.4 Å². The Labute approximate surface area is 117 Å². The second-order valence-electron chi connectivity index (χ2n) is 5.42. The standard InChI is InChI=1S/C13H17BBrN3/c1-9-4-10(8-18(9)14)7-17-3-2-11-5-13(15)16-6-12(11)17/h2-3,5-6,9-10H,4,7-8,14H2,1H3/t9-,10-/m0/s1. The fourth-order valence-corrected chi connectivity index (χ4v) is 3.30. The third kappa shape index (κ3) is 2.21. The highest BCUT2D eigenvalue weighted by Crippen LogP contribution is 2.25. The van der Waals surface area contributed by atoms with Crippen molar-refractivity contribution >= 4 is 34.8 Å². The lowest BCUT2D eigenvalue weighted by molar-refractivity contribution is 0.436. The Morgan fingerprint density at radius 2 is 2.39 bits per heavy atom. The molecular formula is C13H17BBrN3. The lowest BCUT2D eigenvalue weighted by Gasteiger charge is -2.13. The van der Waals surface area contributed by atoms with Crippen molar-refractivity contribution in [3.05, 3.63) is 29.1 Å². The number of halogens is 1. The van der Waals surface area contributed by atoms with Crippen LogP contribution >= 0.6 is 15.9 Å².